The van der Waals surface area contributed by atoms with Crippen molar-refractivity contribution in [2.45, 2.75) is 32.8 Å². The average molecular weight is 304 g/mol. The maximum atomic E-state index is 10.5. The van der Waals surface area contributed by atoms with Gasteiger partial charge in [-0.25, -0.2) is 4.98 Å². The Kier molecular flexibility index (Phi) is 5.51. The summed E-state index contributed by atoms with van der Waals surface area (Å²) in [5.74, 6) is 0.588. The fraction of sp³-hybridized carbons (Fsp3) is 0.471. The van der Waals surface area contributed by atoms with E-state index in [4.69, 9.17) is 0 Å². The topological polar surface area (TPSA) is 45.1 Å². The van der Waals surface area contributed by atoms with Gasteiger partial charge in [0.25, 0.3) is 0 Å². The minimum atomic E-state index is -0.763. The van der Waals surface area contributed by atoms with Gasteiger partial charge in [-0.2, -0.15) is 0 Å². The van der Waals surface area contributed by atoms with E-state index < -0.39 is 5.60 Å². The monoisotopic (exact) mass is 304 g/mol. The molecule has 4 heteroatoms. The van der Waals surface area contributed by atoms with E-state index in [1.165, 1.54) is 0 Å². The smallest absolute Gasteiger partial charge is 0.0961 e. The van der Waals surface area contributed by atoms with Crippen molar-refractivity contribution >= 4 is 11.3 Å². The van der Waals surface area contributed by atoms with Gasteiger partial charge in [0, 0.05) is 23.9 Å². The van der Waals surface area contributed by atoms with Gasteiger partial charge in [0.15, 0.2) is 0 Å². The first-order valence-corrected chi connectivity index (χ1v) is 8.27. The molecule has 0 radical (unpaired) electrons. The second-order valence-corrected chi connectivity index (χ2v) is 7.13. The highest BCUT2D eigenvalue weighted by atomic mass is 32.1. The molecule has 1 heterocycles. The maximum absolute atomic E-state index is 10.5. The van der Waals surface area contributed by atoms with E-state index in [1.807, 2.05) is 25.1 Å². The highest BCUT2D eigenvalue weighted by Gasteiger charge is 2.22. The number of hydrogen-bond donors (Lipinski definition) is 2. The first-order valence-electron chi connectivity index (χ1n) is 7.39. The summed E-state index contributed by atoms with van der Waals surface area (Å²) >= 11 is 1.61. The van der Waals surface area contributed by atoms with Crippen molar-refractivity contribution in [3.63, 3.8) is 0 Å². The van der Waals surface area contributed by atoms with Gasteiger partial charge in [0.2, 0.25) is 0 Å². The van der Waals surface area contributed by atoms with Crippen LogP contribution in [0.3, 0.4) is 0 Å². The van der Waals surface area contributed by atoms with Gasteiger partial charge in [0.1, 0.15) is 0 Å². The molecule has 0 saturated carbocycles. The van der Waals surface area contributed by atoms with Crippen LogP contribution in [-0.2, 0) is 6.42 Å². The Morgan fingerprint density at radius 3 is 2.67 bits per heavy atom. The van der Waals surface area contributed by atoms with Gasteiger partial charge >= 0.3 is 0 Å². The Labute approximate surface area is 131 Å². The Bertz CT molecular complexity index is 549. The van der Waals surface area contributed by atoms with Crippen molar-refractivity contribution in [2.24, 2.45) is 5.92 Å². The molecule has 1 atom stereocenters. The Hall–Kier alpha value is -1.23. The van der Waals surface area contributed by atoms with Crippen LogP contribution >= 0.6 is 11.3 Å². The minimum absolute atomic E-state index is 0.579. The summed E-state index contributed by atoms with van der Waals surface area (Å²) in [6.07, 6.45) is 0.579. The first-order chi connectivity index (χ1) is 9.96. The molecule has 21 heavy (non-hydrogen) atoms. The normalized spacial score (nSPS) is 14.3. The lowest BCUT2D eigenvalue weighted by atomic mass is 10.0. The van der Waals surface area contributed by atoms with Gasteiger partial charge in [0.05, 0.1) is 16.3 Å². The van der Waals surface area contributed by atoms with E-state index >= 15 is 0 Å². The van der Waals surface area contributed by atoms with Crippen molar-refractivity contribution < 1.29 is 5.11 Å². The zero-order valence-corrected chi connectivity index (χ0v) is 13.8. The molecule has 2 N–H and O–H groups in total. The highest BCUT2D eigenvalue weighted by Crippen LogP contribution is 2.24. The molecule has 0 aliphatic heterocycles. The van der Waals surface area contributed by atoms with Crippen molar-refractivity contribution in [3.8, 4) is 11.3 Å². The van der Waals surface area contributed by atoms with Crippen molar-refractivity contribution in [1.82, 2.24) is 10.3 Å². The van der Waals surface area contributed by atoms with Gasteiger partial charge < -0.3 is 10.4 Å². The SMILES string of the molecule is CC(C)CNCC(C)(O)Cc1nc(-c2ccccc2)cs1. The zero-order chi connectivity index (χ0) is 15.3. The van der Waals surface area contributed by atoms with E-state index in [9.17, 15) is 5.11 Å². The summed E-state index contributed by atoms with van der Waals surface area (Å²) < 4.78 is 0. The number of hydrogen-bond acceptors (Lipinski definition) is 4. The van der Waals surface area contributed by atoms with Crippen molar-refractivity contribution in [2.75, 3.05) is 13.1 Å². The van der Waals surface area contributed by atoms with Crippen molar-refractivity contribution in [1.29, 1.82) is 0 Å². The molecule has 0 spiro atoms. The summed E-state index contributed by atoms with van der Waals surface area (Å²) in [6.45, 7) is 7.70. The summed E-state index contributed by atoms with van der Waals surface area (Å²) in [5, 5.41) is 16.8. The largest absolute Gasteiger partial charge is 0.388 e. The molecule has 0 fully saturated rings. The molecule has 0 aliphatic rings. The number of rotatable bonds is 7. The van der Waals surface area contributed by atoms with E-state index in [-0.39, 0.29) is 0 Å². The number of thiazole rings is 1. The number of benzene rings is 1. The fourth-order valence-corrected chi connectivity index (χ4v) is 3.13. The van der Waals surface area contributed by atoms with E-state index in [2.05, 4.69) is 41.7 Å². The second-order valence-electron chi connectivity index (χ2n) is 6.19. The van der Waals surface area contributed by atoms with Crippen LogP contribution in [0.5, 0.6) is 0 Å². The van der Waals surface area contributed by atoms with Gasteiger partial charge in [-0.15, -0.1) is 11.3 Å². The quantitative estimate of drug-likeness (QED) is 0.824. The molecule has 3 nitrogen and oxygen atoms in total. The van der Waals surface area contributed by atoms with Gasteiger partial charge in [-0.05, 0) is 19.4 Å². The molecule has 1 aromatic carbocycles. The van der Waals surface area contributed by atoms with Crippen LogP contribution in [0.1, 0.15) is 25.8 Å². The molecular formula is C17H24N2OS. The molecule has 0 amide bonds. The van der Waals surface area contributed by atoms with Crippen LogP contribution in [0, 0.1) is 5.92 Å². The molecule has 0 aliphatic carbocycles. The second kappa shape index (κ2) is 7.16. The van der Waals surface area contributed by atoms with Crippen molar-refractivity contribution in [3.05, 3.63) is 40.7 Å². The van der Waals surface area contributed by atoms with Gasteiger partial charge in [-0.1, -0.05) is 44.2 Å². The minimum Gasteiger partial charge on any atom is -0.388 e. The fourth-order valence-electron chi connectivity index (χ4n) is 2.15. The molecular weight excluding hydrogens is 280 g/mol. The molecule has 2 aromatic rings. The van der Waals surface area contributed by atoms with E-state index in [1.54, 1.807) is 11.3 Å². The standard InChI is InChI=1S/C17H24N2OS/c1-13(2)10-18-12-17(3,20)9-16-19-15(11-21-16)14-7-5-4-6-8-14/h4-8,11,13,18,20H,9-10,12H2,1-3H3. The van der Waals surface area contributed by atoms with Crippen LogP contribution in [-0.4, -0.2) is 28.8 Å². The molecule has 114 valence electrons. The Morgan fingerprint density at radius 2 is 2.00 bits per heavy atom. The number of aromatic nitrogens is 1. The third-order valence-corrected chi connectivity index (χ3v) is 4.06. The highest BCUT2D eigenvalue weighted by molar-refractivity contribution is 7.09. The lowest BCUT2D eigenvalue weighted by Gasteiger charge is -2.23. The van der Waals surface area contributed by atoms with Crippen LogP contribution in [0.15, 0.2) is 35.7 Å². The third kappa shape index (κ3) is 5.23. The van der Waals surface area contributed by atoms with Crippen LogP contribution in [0.4, 0.5) is 0 Å². The molecule has 1 unspecified atom stereocenters. The molecule has 0 saturated heterocycles. The van der Waals surface area contributed by atoms with Crippen LogP contribution < -0.4 is 5.32 Å². The Morgan fingerprint density at radius 1 is 1.29 bits per heavy atom. The lowest BCUT2D eigenvalue weighted by molar-refractivity contribution is 0.0595. The maximum Gasteiger partial charge on any atom is 0.0961 e. The zero-order valence-electron chi connectivity index (χ0n) is 13.0. The predicted octanol–water partition coefficient (Wildman–Crippen LogP) is 3.35. The summed E-state index contributed by atoms with van der Waals surface area (Å²) in [4.78, 5) is 4.64. The van der Waals surface area contributed by atoms with Gasteiger partial charge in [-0.3, -0.25) is 0 Å². The summed E-state index contributed by atoms with van der Waals surface area (Å²) in [7, 11) is 0. The molecule has 1 aromatic heterocycles. The Balaban J connectivity index is 1.95. The molecule has 0 bridgehead atoms. The number of nitrogens with zero attached hydrogens (tertiary/aromatic N) is 1. The average Bonchev–Trinajstić information content (AvgIpc) is 2.86. The third-order valence-electron chi connectivity index (χ3n) is 3.21. The lowest BCUT2D eigenvalue weighted by Crippen LogP contribution is -2.40. The van der Waals surface area contributed by atoms with E-state index in [0.717, 1.165) is 22.8 Å². The predicted molar refractivity (Wildman–Crippen MR) is 89.6 cm³/mol. The summed E-state index contributed by atoms with van der Waals surface area (Å²) in [5.41, 5.74) is 1.35. The molecule has 2 rings (SSSR count). The van der Waals surface area contributed by atoms with E-state index in [0.29, 0.717) is 18.9 Å². The first kappa shape index (κ1) is 16.1. The van der Waals surface area contributed by atoms with Crippen LogP contribution in [0.2, 0.25) is 0 Å². The number of aliphatic hydroxyl groups is 1. The number of nitrogens with one attached hydrogen (secondary N) is 1. The van der Waals surface area contributed by atoms with Crippen LogP contribution in [0.25, 0.3) is 11.3 Å². The summed E-state index contributed by atoms with van der Waals surface area (Å²) in [6, 6.07) is 10.1.